The molecule has 0 N–H and O–H groups in total. The van der Waals surface area contributed by atoms with Crippen molar-refractivity contribution >= 4 is 103 Å². The van der Waals surface area contributed by atoms with Crippen molar-refractivity contribution in [3.8, 4) is 0 Å². The van der Waals surface area contributed by atoms with E-state index >= 15 is 0 Å². The SMILES string of the molecule is CC.CC.CC.CC.[CH2-]C[N+](C)=[C-]P(P(P)PP)P(P(P)P)P(P)P.[V+2]. The standard InChI is InChI=1S/C4H20NP12.4C2H6.V/c1-3-5(2)4-13(16(11)12-6)17(14(7)8)15(9)10;4*1-2;/h12H,1,3,6-11H2,2H3;4*1-2H3;/q-1;;;;;+2. The molecule has 9 atom stereocenters. The molecule has 0 spiro atoms. The third-order valence-electron chi connectivity index (χ3n) is 1.51. The third-order valence-corrected chi connectivity index (χ3v) is 65.4. The summed E-state index contributed by atoms with van der Waals surface area (Å²) in [6, 6.07) is 0. The van der Waals surface area contributed by atoms with E-state index in [2.05, 4.69) is 78.1 Å². The van der Waals surface area contributed by atoms with E-state index in [9.17, 15) is 0 Å². The van der Waals surface area contributed by atoms with Crippen LogP contribution in [-0.4, -0.2) is 24.1 Å². The summed E-state index contributed by atoms with van der Waals surface area (Å²) < 4.78 is 2.15. The summed E-state index contributed by atoms with van der Waals surface area (Å²) in [4.78, 5) is 0. The smallest absolute Gasteiger partial charge is 0.436 e. The van der Waals surface area contributed by atoms with Crippen molar-refractivity contribution in [3.05, 3.63) is 6.92 Å². The molecule has 0 aliphatic heterocycles. The van der Waals surface area contributed by atoms with Crippen LogP contribution in [0.4, 0.5) is 0 Å². The maximum Gasteiger partial charge on any atom is 2.00 e. The van der Waals surface area contributed by atoms with Crippen molar-refractivity contribution in [3.63, 3.8) is 0 Å². The predicted octanol–water partition coefficient (Wildman–Crippen LogP) is 10.9. The van der Waals surface area contributed by atoms with Gasteiger partial charge in [-0.25, -0.2) is 0 Å². The van der Waals surface area contributed by atoms with E-state index < -0.39 is 0 Å². The second kappa shape index (κ2) is 37.7. The molecule has 0 saturated carbocycles. The largest absolute Gasteiger partial charge is 2.00 e. The van der Waals surface area contributed by atoms with Crippen LogP contribution in [0, 0.1) is 6.92 Å². The Morgan fingerprint density at radius 3 is 1.35 bits per heavy atom. The normalized spacial score (nSPS) is 12.5. The fourth-order valence-corrected chi connectivity index (χ4v) is 93.3. The Hall–Kier alpha value is 5.41. The van der Waals surface area contributed by atoms with Crippen molar-refractivity contribution < 1.29 is 23.1 Å². The minimum absolute atomic E-state index is 0. The van der Waals surface area contributed by atoms with Gasteiger partial charge in [0.25, 0.3) is 0 Å². The third kappa shape index (κ3) is 27.4. The van der Waals surface area contributed by atoms with E-state index in [1.54, 1.807) is 0 Å². The van der Waals surface area contributed by atoms with Gasteiger partial charge in [0, 0.05) is 0 Å². The van der Waals surface area contributed by atoms with Gasteiger partial charge in [-0.1, -0.05) is 70.3 Å². The van der Waals surface area contributed by atoms with Crippen LogP contribution in [-0.2, 0) is 18.6 Å². The molecule has 0 bridgehead atoms. The molecule has 0 aromatic rings. The van der Waals surface area contributed by atoms with Gasteiger partial charge in [0.1, 0.15) is 0 Å². The summed E-state index contributed by atoms with van der Waals surface area (Å²) >= 11 is 0. The molecule has 0 heterocycles. The average molecular weight is 625 g/mol. The topological polar surface area (TPSA) is 3.01 Å². The molecule has 1 nitrogen and oxygen atoms in total. The summed E-state index contributed by atoms with van der Waals surface area (Å²) in [5, 5.41) is 0. The number of hydrogen-bond donors (Lipinski definition) is 0. The average Bonchev–Trinajstić information content (AvgIpc) is 2.66. The predicted molar refractivity (Wildman–Crippen MR) is 168 cm³/mol. The molecule has 0 saturated heterocycles. The fourth-order valence-electron chi connectivity index (χ4n) is 0.747. The molecule has 0 aromatic heterocycles. The first kappa shape index (κ1) is 45.0. The second-order valence-electron chi connectivity index (χ2n) is 2.81. The van der Waals surface area contributed by atoms with Gasteiger partial charge in [0.2, 0.25) is 0 Å². The van der Waals surface area contributed by atoms with Gasteiger partial charge in [0.15, 0.2) is 0 Å². The zero-order chi connectivity index (χ0) is 21.6. The summed E-state index contributed by atoms with van der Waals surface area (Å²) in [6.07, 6.45) is 0. The van der Waals surface area contributed by atoms with Gasteiger partial charge in [-0.05, 0) is 27.5 Å². The Kier molecular flexibility index (Phi) is 65.3. The van der Waals surface area contributed by atoms with Crippen LogP contribution >= 0.6 is 96.8 Å². The first-order valence-corrected chi connectivity index (χ1v) is 29.6. The summed E-state index contributed by atoms with van der Waals surface area (Å²) in [6.45, 7) is 20.8. The molecule has 0 rings (SSSR count). The molecule has 14 heteroatoms. The molecule has 0 aliphatic rings. The number of nitrogens with zero attached hydrogens (tertiary/aromatic N) is 1. The van der Waals surface area contributed by atoms with E-state index in [1.165, 1.54) is 0 Å². The van der Waals surface area contributed by atoms with E-state index in [0.29, 0.717) is 0 Å². The molecule has 9 unspecified atom stereocenters. The molecular weight excluding hydrogens is 581 g/mol. The van der Waals surface area contributed by atoms with E-state index in [-0.39, 0.29) is 53.8 Å². The van der Waals surface area contributed by atoms with Crippen LogP contribution in [0.25, 0.3) is 0 Å². The quantitative estimate of drug-likeness (QED) is 0.115. The van der Waals surface area contributed by atoms with Crippen molar-refractivity contribution in [2.75, 3.05) is 13.6 Å². The molecule has 161 valence electrons. The van der Waals surface area contributed by atoms with Crippen LogP contribution in [0.5, 0.6) is 0 Å². The Balaban J connectivity index is -0.0000000972. The first-order valence-electron chi connectivity index (χ1n) is 8.31. The fraction of sp³-hybridized carbons (Fsp3) is 0.833. The second-order valence-corrected chi connectivity index (χ2v) is 46.0. The van der Waals surface area contributed by atoms with Crippen molar-refractivity contribution in [2.45, 2.75) is 55.4 Å². The van der Waals surface area contributed by atoms with E-state index in [4.69, 9.17) is 0 Å². The van der Waals surface area contributed by atoms with E-state index in [0.717, 1.165) is 14.5 Å². The summed E-state index contributed by atoms with van der Waals surface area (Å²) in [5.41, 5.74) is 0. The Morgan fingerprint density at radius 2 is 1.15 bits per heavy atom. The van der Waals surface area contributed by atoms with Crippen molar-refractivity contribution in [1.29, 1.82) is 0 Å². The molecule has 0 fully saturated rings. The van der Waals surface area contributed by atoms with Crippen LogP contribution in [0.1, 0.15) is 55.4 Å². The zero-order valence-corrected chi connectivity index (χ0v) is 31.8. The minimum atomic E-state index is -0.115. The Bertz CT molecular complexity index is 250. The molecule has 0 aromatic carbocycles. The first-order chi connectivity index (χ1) is 11.8. The van der Waals surface area contributed by atoms with Gasteiger partial charge in [-0.15, -0.1) is 60.9 Å². The van der Waals surface area contributed by atoms with Gasteiger partial charge in [0.05, 0.1) is 7.05 Å². The van der Waals surface area contributed by atoms with Crippen LogP contribution in [0.2, 0.25) is 0 Å². The molecule has 0 amide bonds. The number of rotatable bonds is 7. The number of hydrogen-bond acceptors (Lipinski definition) is 0. The van der Waals surface area contributed by atoms with Crippen LogP contribution in [0.3, 0.4) is 0 Å². The zero-order valence-electron chi connectivity index (χ0n) is 18.0. The monoisotopic (exact) mass is 625 g/mol. The molecule has 0 aliphatic carbocycles. The minimum Gasteiger partial charge on any atom is -0.436 e. The maximum atomic E-state index is 3.94. The van der Waals surface area contributed by atoms with Crippen molar-refractivity contribution in [2.24, 2.45) is 0 Å². The van der Waals surface area contributed by atoms with Crippen LogP contribution < -0.4 is 0 Å². The maximum absolute atomic E-state index is 3.94. The van der Waals surface area contributed by atoms with Gasteiger partial charge in [-0.3, -0.25) is 6.92 Å². The van der Waals surface area contributed by atoms with Crippen molar-refractivity contribution in [1.82, 2.24) is 0 Å². The summed E-state index contributed by atoms with van der Waals surface area (Å²) in [5.74, 6) is 3.73. The molecular formula is C12H44NP12V+. The Morgan fingerprint density at radius 1 is 0.846 bits per heavy atom. The van der Waals surface area contributed by atoms with Gasteiger partial charge >= 0.3 is 18.6 Å². The van der Waals surface area contributed by atoms with Gasteiger partial charge in [-0.2, -0.15) is 5.96 Å². The van der Waals surface area contributed by atoms with Gasteiger partial charge < -0.3 is 4.58 Å². The summed E-state index contributed by atoms with van der Waals surface area (Å²) in [7, 11) is 21.1. The molecule has 1 radical (unpaired) electrons. The Labute approximate surface area is 200 Å². The van der Waals surface area contributed by atoms with Crippen LogP contribution in [0.15, 0.2) is 0 Å². The molecule has 26 heavy (non-hydrogen) atoms. The van der Waals surface area contributed by atoms with E-state index in [1.807, 2.05) is 55.4 Å².